The average Bonchev–Trinajstić information content (AvgIpc) is 2.04. The number of rotatable bonds is 4. The number of carbonyl (C=O) groups is 1. The predicted molar refractivity (Wildman–Crippen MR) is 45.4 cm³/mol. The summed E-state index contributed by atoms with van der Waals surface area (Å²) in [7, 11) is 0. The van der Waals surface area contributed by atoms with Gasteiger partial charge in [-0.1, -0.05) is 0 Å². The van der Waals surface area contributed by atoms with Gasteiger partial charge in [0.05, 0.1) is 6.61 Å². The van der Waals surface area contributed by atoms with E-state index in [1.54, 1.807) is 6.92 Å². The number of anilines is 1. The fourth-order valence-corrected chi connectivity index (χ4v) is 0.768. The largest absolute Gasteiger partial charge is 0.464 e. The van der Waals surface area contributed by atoms with Crippen LogP contribution in [0.4, 0.5) is 5.95 Å². The number of aromatic nitrogens is 3. The summed E-state index contributed by atoms with van der Waals surface area (Å²) in [5.74, 6) is 0.703. The summed E-state index contributed by atoms with van der Waals surface area (Å²) < 4.78 is 5.06. The van der Waals surface area contributed by atoms with E-state index in [0.717, 1.165) is 0 Å². The van der Waals surface area contributed by atoms with Crippen LogP contribution < -0.4 is 10.1 Å². The molecule has 0 saturated carbocycles. The van der Waals surface area contributed by atoms with Gasteiger partial charge in [0.25, 0.3) is 0 Å². The Morgan fingerprint density at radius 3 is 2.85 bits per heavy atom. The van der Waals surface area contributed by atoms with Gasteiger partial charge in [-0.2, -0.15) is 15.0 Å². The Bertz CT molecular complexity index is 303. The molecule has 0 aliphatic carbocycles. The van der Waals surface area contributed by atoms with Crippen LogP contribution in [0, 0.1) is 6.92 Å². The van der Waals surface area contributed by atoms with Gasteiger partial charge in [-0.15, -0.1) is 0 Å². The van der Waals surface area contributed by atoms with Crippen LogP contribution in [-0.4, -0.2) is 28.0 Å². The SMILES string of the molecule is CCOc1nc(C)nc(NC=O)n1. The maximum Gasteiger partial charge on any atom is 0.321 e. The van der Waals surface area contributed by atoms with Gasteiger partial charge < -0.3 is 4.74 Å². The molecule has 70 valence electrons. The molecule has 1 heterocycles. The summed E-state index contributed by atoms with van der Waals surface area (Å²) >= 11 is 0. The minimum atomic E-state index is 0.200. The first kappa shape index (κ1) is 9.37. The van der Waals surface area contributed by atoms with Gasteiger partial charge >= 0.3 is 6.01 Å². The number of ether oxygens (including phenoxy) is 1. The normalized spacial score (nSPS) is 9.38. The van der Waals surface area contributed by atoms with Gasteiger partial charge in [0.1, 0.15) is 5.82 Å². The highest BCUT2D eigenvalue weighted by molar-refractivity contribution is 5.66. The van der Waals surface area contributed by atoms with Crippen molar-refractivity contribution in [2.75, 3.05) is 11.9 Å². The molecule has 0 bridgehead atoms. The van der Waals surface area contributed by atoms with Crippen molar-refractivity contribution in [3.63, 3.8) is 0 Å². The lowest BCUT2D eigenvalue weighted by Crippen LogP contribution is -2.06. The van der Waals surface area contributed by atoms with E-state index in [9.17, 15) is 4.79 Å². The lowest BCUT2D eigenvalue weighted by atomic mass is 10.7. The first-order valence-electron chi connectivity index (χ1n) is 3.82. The van der Waals surface area contributed by atoms with E-state index in [4.69, 9.17) is 4.74 Å². The Morgan fingerprint density at radius 2 is 2.23 bits per heavy atom. The molecule has 0 radical (unpaired) electrons. The van der Waals surface area contributed by atoms with Crippen molar-refractivity contribution >= 4 is 12.4 Å². The maximum absolute atomic E-state index is 10.1. The second-order valence-electron chi connectivity index (χ2n) is 2.18. The predicted octanol–water partition coefficient (Wildman–Crippen LogP) is 0.147. The molecule has 0 unspecified atom stereocenters. The molecule has 1 amide bonds. The molecular formula is C7H10N4O2. The second-order valence-corrected chi connectivity index (χ2v) is 2.18. The van der Waals surface area contributed by atoms with Crippen LogP contribution in [0.5, 0.6) is 6.01 Å². The second kappa shape index (κ2) is 4.34. The summed E-state index contributed by atoms with van der Waals surface area (Å²) in [6.45, 7) is 4.00. The third-order valence-corrected chi connectivity index (χ3v) is 1.19. The molecule has 0 aliphatic rings. The van der Waals surface area contributed by atoms with Crippen molar-refractivity contribution in [2.24, 2.45) is 0 Å². The zero-order chi connectivity index (χ0) is 9.68. The van der Waals surface area contributed by atoms with Gasteiger partial charge in [-0.3, -0.25) is 10.1 Å². The van der Waals surface area contributed by atoms with Crippen LogP contribution in [0.1, 0.15) is 12.7 Å². The lowest BCUT2D eigenvalue weighted by Gasteiger charge is -2.02. The van der Waals surface area contributed by atoms with Crippen LogP contribution in [0.2, 0.25) is 0 Å². The molecule has 13 heavy (non-hydrogen) atoms. The molecule has 0 aliphatic heterocycles. The van der Waals surface area contributed by atoms with Gasteiger partial charge in [0, 0.05) is 0 Å². The van der Waals surface area contributed by atoms with Crippen LogP contribution in [0.25, 0.3) is 0 Å². The minimum Gasteiger partial charge on any atom is -0.464 e. The van der Waals surface area contributed by atoms with Crippen LogP contribution in [0.15, 0.2) is 0 Å². The fourth-order valence-electron chi connectivity index (χ4n) is 0.768. The summed E-state index contributed by atoms with van der Waals surface area (Å²) in [6, 6.07) is 0.222. The molecule has 1 N–H and O–H groups in total. The number of hydrogen-bond acceptors (Lipinski definition) is 5. The molecular weight excluding hydrogens is 172 g/mol. The van der Waals surface area contributed by atoms with E-state index < -0.39 is 0 Å². The number of nitrogens with zero attached hydrogens (tertiary/aromatic N) is 3. The minimum absolute atomic E-state index is 0.200. The molecule has 0 aromatic carbocycles. The summed E-state index contributed by atoms with van der Waals surface area (Å²) in [6.07, 6.45) is 0.504. The van der Waals surface area contributed by atoms with Crippen LogP contribution in [0.3, 0.4) is 0 Å². The number of aryl methyl sites for hydroxylation is 1. The van der Waals surface area contributed by atoms with E-state index in [1.165, 1.54) is 0 Å². The summed E-state index contributed by atoms with van der Waals surface area (Å²) in [4.78, 5) is 21.7. The van der Waals surface area contributed by atoms with E-state index in [0.29, 0.717) is 18.8 Å². The molecule has 1 aromatic rings. The number of nitrogens with one attached hydrogen (secondary N) is 1. The quantitative estimate of drug-likeness (QED) is 0.670. The molecule has 0 spiro atoms. The molecule has 0 atom stereocenters. The topological polar surface area (TPSA) is 77.0 Å². The molecule has 0 fully saturated rings. The average molecular weight is 182 g/mol. The zero-order valence-electron chi connectivity index (χ0n) is 7.44. The van der Waals surface area contributed by atoms with Crippen molar-refractivity contribution in [1.29, 1.82) is 0 Å². The van der Waals surface area contributed by atoms with Crippen molar-refractivity contribution in [1.82, 2.24) is 15.0 Å². The first-order chi connectivity index (χ1) is 6.26. The van der Waals surface area contributed by atoms with Crippen molar-refractivity contribution < 1.29 is 9.53 Å². The molecule has 6 nitrogen and oxygen atoms in total. The highest BCUT2D eigenvalue weighted by Crippen LogP contribution is 2.05. The molecule has 1 aromatic heterocycles. The third kappa shape index (κ3) is 2.66. The highest BCUT2D eigenvalue weighted by atomic mass is 16.5. The fraction of sp³-hybridized carbons (Fsp3) is 0.429. The van der Waals surface area contributed by atoms with Crippen molar-refractivity contribution in [3.8, 4) is 6.01 Å². The first-order valence-corrected chi connectivity index (χ1v) is 3.82. The Morgan fingerprint density at radius 1 is 1.46 bits per heavy atom. The lowest BCUT2D eigenvalue weighted by molar-refractivity contribution is -0.105. The Balaban J connectivity index is 2.89. The molecule has 1 rings (SSSR count). The smallest absolute Gasteiger partial charge is 0.321 e. The van der Waals surface area contributed by atoms with Crippen molar-refractivity contribution in [3.05, 3.63) is 5.82 Å². The number of carbonyl (C=O) groups excluding carboxylic acids is 1. The van der Waals surface area contributed by atoms with E-state index in [1.807, 2.05) is 6.92 Å². The number of hydrogen-bond donors (Lipinski definition) is 1. The standard InChI is InChI=1S/C7H10N4O2/c1-3-13-7-10-5(2)9-6(11-7)8-4-12/h4H,3H2,1-2H3,(H,8,9,10,11,12). The monoisotopic (exact) mass is 182 g/mol. The maximum atomic E-state index is 10.1. The van der Waals surface area contributed by atoms with E-state index >= 15 is 0 Å². The van der Waals surface area contributed by atoms with Crippen molar-refractivity contribution in [2.45, 2.75) is 13.8 Å². The van der Waals surface area contributed by atoms with Gasteiger partial charge in [0.2, 0.25) is 12.4 Å². The summed E-state index contributed by atoms with van der Waals surface area (Å²) in [5.41, 5.74) is 0. The van der Waals surface area contributed by atoms with E-state index in [-0.39, 0.29) is 12.0 Å². The number of amides is 1. The third-order valence-electron chi connectivity index (χ3n) is 1.19. The van der Waals surface area contributed by atoms with Crippen LogP contribution >= 0.6 is 0 Å². The Labute approximate surface area is 75.4 Å². The van der Waals surface area contributed by atoms with E-state index in [2.05, 4.69) is 20.3 Å². The molecule has 6 heteroatoms. The zero-order valence-corrected chi connectivity index (χ0v) is 7.44. The highest BCUT2D eigenvalue weighted by Gasteiger charge is 2.02. The van der Waals surface area contributed by atoms with Gasteiger partial charge in [0.15, 0.2) is 0 Å². The van der Waals surface area contributed by atoms with Crippen LogP contribution in [-0.2, 0) is 4.79 Å². The Kier molecular flexibility index (Phi) is 3.13. The Hall–Kier alpha value is -1.72. The van der Waals surface area contributed by atoms with Gasteiger partial charge in [-0.05, 0) is 13.8 Å². The van der Waals surface area contributed by atoms with Gasteiger partial charge in [-0.25, -0.2) is 0 Å². The summed E-state index contributed by atoms with van der Waals surface area (Å²) in [5, 5.41) is 2.32. The molecule has 0 saturated heterocycles.